The monoisotopic (exact) mass is 189 g/mol. The molecule has 0 aromatic carbocycles. The van der Waals surface area contributed by atoms with Crippen molar-refractivity contribution < 1.29 is 0 Å². The van der Waals surface area contributed by atoms with Gasteiger partial charge >= 0.3 is 0 Å². The zero-order chi connectivity index (χ0) is 9.23. The predicted molar refractivity (Wildman–Crippen MR) is 60.0 cm³/mol. The lowest BCUT2D eigenvalue weighted by Gasteiger charge is -2.13. The van der Waals surface area contributed by atoms with E-state index in [0.29, 0.717) is 0 Å². The van der Waals surface area contributed by atoms with Gasteiger partial charge in [0.2, 0.25) is 0 Å². The summed E-state index contributed by atoms with van der Waals surface area (Å²) in [7, 11) is 2.07. The van der Waals surface area contributed by atoms with Crippen molar-refractivity contribution in [1.29, 1.82) is 0 Å². The van der Waals surface area contributed by atoms with Crippen LogP contribution < -0.4 is 5.32 Å². The standard InChI is InChI=1S/C10H23NS/c1-4-5-6-7-8-10(11-2)9-12-3/h10-11H,4-9H2,1-3H3. The molecule has 0 aromatic heterocycles. The number of nitrogens with one attached hydrogen (secondary N) is 1. The van der Waals surface area contributed by atoms with Gasteiger partial charge in [-0.1, -0.05) is 32.6 Å². The Hall–Kier alpha value is 0.310. The topological polar surface area (TPSA) is 12.0 Å². The second kappa shape index (κ2) is 9.40. The molecule has 1 N–H and O–H groups in total. The average molecular weight is 189 g/mol. The molecule has 1 nitrogen and oxygen atoms in total. The summed E-state index contributed by atoms with van der Waals surface area (Å²) in [5.41, 5.74) is 0. The van der Waals surface area contributed by atoms with Gasteiger partial charge in [0.05, 0.1) is 0 Å². The molecule has 0 aromatic rings. The minimum absolute atomic E-state index is 0.733. The van der Waals surface area contributed by atoms with Crippen LogP contribution in [0.25, 0.3) is 0 Å². The quantitative estimate of drug-likeness (QED) is 0.589. The van der Waals surface area contributed by atoms with Crippen molar-refractivity contribution in [1.82, 2.24) is 5.32 Å². The van der Waals surface area contributed by atoms with E-state index >= 15 is 0 Å². The van der Waals surface area contributed by atoms with Gasteiger partial charge in [0.1, 0.15) is 0 Å². The van der Waals surface area contributed by atoms with Crippen molar-refractivity contribution in [2.75, 3.05) is 19.1 Å². The van der Waals surface area contributed by atoms with Crippen LogP contribution in [0.2, 0.25) is 0 Å². The molecule has 0 bridgehead atoms. The number of unbranched alkanes of at least 4 members (excludes halogenated alkanes) is 3. The molecule has 0 aliphatic carbocycles. The van der Waals surface area contributed by atoms with E-state index in [1.54, 1.807) is 0 Å². The molecule has 12 heavy (non-hydrogen) atoms. The fraction of sp³-hybridized carbons (Fsp3) is 1.00. The van der Waals surface area contributed by atoms with Gasteiger partial charge in [0, 0.05) is 11.8 Å². The van der Waals surface area contributed by atoms with Crippen LogP contribution in [0.1, 0.15) is 39.0 Å². The molecule has 0 aliphatic heterocycles. The summed E-state index contributed by atoms with van der Waals surface area (Å²) in [6, 6.07) is 0.733. The van der Waals surface area contributed by atoms with Crippen molar-refractivity contribution in [3.05, 3.63) is 0 Å². The smallest absolute Gasteiger partial charge is 0.0155 e. The first-order valence-corrected chi connectivity index (χ1v) is 6.40. The molecule has 0 aliphatic rings. The van der Waals surface area contributed by atoms with Crippen molar-refractivity contribution >= 4 is 11.8 Å². The Morgan fingerprint density at radius 1 is 1.25 bits per heavy atom. The van der Waals surface area contributed by atoms with Gasteiger partial charge in [0.15, 0.2) is 0 Å². The van der Waals surface area contributed by atoms with Gasteiger partial charge in [-0.25, -0.2) is 0 Å². The van der Waals surface area contributed by atoms with E-state index in [-0.39, 0.29) is 0 Å². The van der Waals surface area contributed by atoms with E-state index in [9.17, 15) is 0 Å². The fourth-order valence-electron chi connectivity index (χ4n) is 1.33. The van der Waals surface area contributed by atoms with Crippen LogP contribution in [0.5, 0.6) is 0 Å². The summed E-state index contributed by atoms with van der Waals surface area (Å²) in [4.78, 5) is 0. The predicted octanol–water partition coefficient (Wildman–Crippen LogP) is 2.91. The summed E-state index contributed by atoms with van der Waals surface area (Å²) in [5, 5.41) is 3.36. The number of hydrogen-bond donors (Lipinski definition) is 1. The number of hydrogen-bond acceptors (Lipinski definition) is 2. The summed E-state index contributed by atoms with van der Waals surface area (Å²) >= 11 is 1.94. The highest BCUT2D eigenvalue weighted by atomic mass is 32.2. The summed E-state index contributed by atoms with van der Waals surface area (Å²) < 4.78 is 0. The molecule has 0 rings (SSSR count). The molecule has 1 unspecified atom stereocenters. The van der Waals surface area contributed by atoms with Crippen LogP contribution in [0.3, 0.4) is 0 Å². The fourth-order valence-corrected chi connectivity index (χ4v) is 2.07. The number of rotatable bonds is 8. The molecule has 0 radical (unpaired) electrons. The Balaban J connectivity index is 3.19. The summed E-state index contributed by atoms with van der Waals surface area (Å²) in [6.45, 7) is 2.26. The van der Waals surface area contributed by atoms with E-state index in [4.69, 9.17) is 0 Å². The maximum absolute atomic E-state index is 3.36. The van der Waals surface area contributed by atoms with Gasteiger partial charge in [0.25, 0.3) is 0 Å². The van der Waals surface area contributed by atoms with E-state index in [1.165, 1.54) is 37.9 Å². The van der Waals surface area contributed by atoms with Crippen molar-refractivity contribution in [2.24, 2.45) is 0 Å². The van der Waals surface area contributed by atoms with Gasteiger partial charge < -0.3 is 5.32 Å². The molecule has 0 spiro atoms. The lowest BCUT2D eigenvalue weighted by molar-refractivity contribution is 0.523. The van der Waals surface area contributed by atoms with Crippen molar-refractivity contribution in [2.45, 2.75) is 45.1 Å². The van der Waals surface area contributed by atoms with Gasteiger partial charge in [-0.2, -0.15) is 11.8 Å². The molecule has 1 atom stereocenters. The molecule has 0 saturated carbocycles. The minimum Gasteiger partial charge on any atom is -0.316 e. The maximum atomic E-state index is 3.36. The Bertz CT molecular complexity index is 85.9. The minimum atomic E-state index is 0.733. The average Bonchev–Trinajstić information content (AvgIpc) is 2.10. The van der Waals surface area contributed by atoms with Crippen LogP contribution in [-0.4, -0.2) is 25.1 Å². The molecule has 0 fully saturated rings. The SMILES string of the molecule is CCCCCCC(CSC)NC. The van der Waals surface area contributed by atoms with E-state index < -0.39 is 0 Å². The van der Waals surface area contributed by atoms with Crippen LogP contribution in [0.4, 0.5) is 0 Å². The van der Waals surface area contributed by atoms with Crippen LogP contribution in [0.15, 0.2) is 0 Å². The second-order valence-corrected chi connectivity index (χ2v) is 4.20. The highest BCUT2D eigenvalue weighted by Crippen LogP contribution is 2.08. The third kappa shape index (κ3) is 6.99. The van der Waals surface area contributed by atoms with Gasteiger partial charge in [-0.05, 0) is 19.7 Å². The Kier molecular flexibility index (Phi) is 9.64. The highest BCUT2D eigenvalue weighted by Gasteiger charge is 2.03. The third-order valence-corrected chi connectivity index (χ3v) is 2.92. The number of thioether (sulfide) groups is 1. The zero-order valence-electron chi connectivity index (χ0n) is 8.73. The normalized spacial score (nSPS) is 13.2. The van der Waals surface area contributed by atoms with Crippen molar-refractivity contribution in [3.8, 4) is 0 Å². The zero-order valence-corrected chi connectivity index (χ0v) is 9.54. The molecule has 2 heteroatoms. The van der Waals surface area contributed by atoms with Crippen LogP contribution in [-0.2, 0) is 0 Å². The maximum Gasteiger partial charge on any atom is 0.0155 e. The first-order valence-electron chi connectivity index (χ1n) is 5.01. The summed E-state index contributed by atoms with van der Waals surface area (Å²) in [6.07, 6.45) is 9.05. The highest BCUT2D eigenvalue weighted by molar-refractivity contribution is 7.98. The lowest BCUT2D eigenvalue weighted by Crippen LogP contribution is -2.27. The molecule has 0 heterocycles. The van der Waals surface area contributed by atoms with Gasteiger partial charge in [-0.3, -0.25) is 0 Å². The molecular formula is C10H23NS. The molecule has 0 amide bonds. The van der Waals surface area contributed by atoms with E-state index in [2.05, 4.69) is 25.5 Å². The largest absolute Gasteiger partial charge is 0.316 e. The molecule has 74 valence electrons. The summed E-state index contributed by atoms with van der Waals surface area (Å²) in [5.74, 6) is 1.25. The first kappa shape index (κ1) is 12.3. The van der Waals surface area contributed by atoms with Crippen molar-refractivity contribution in [3.63, 3.8) is 0 Å². The van der Waals surface area contributed by atoms with Crippen LogP contribution in [0, 0.1) is 0 Å². The second-order valence-electron chi connectivity index (χ2n) is 3.29. The van der Waals surface area contributed by atoms with Crippen LogP contribution >= 0.6 is 11.8 Å². The third-order valence-electron chi connectivity index (χ3n) is 2.18. The van der Waals surface area contributed by atoms with E-state index in [1.807, 2.05) is 11.8 Å². The van der Waals surface area contributed by atoms with E-state index in [0.717, 1.165) is 6.04 Å². The molecular weight excluding hydrogens is 166 g/mol. The Morgan fingerprint density at radius 2 is 2.00 bits per heavy atom. The lowest BCUT2D eigenvalue weighted by atomic mass is 10.1. The van der Waals surface area contributed by atoms with Gasteiger partial charge in [-0.15, -0.1) is 0 Å². The first-order chi connectivity index (χ1) is 5.85. The Morgan fingerprint density at radius 3 is 2.50 bits per heavy atom. The molecule has 0 saturated heterocycles. The Labute approximate surface area is 81.7 Å².